The Morgan fingerprint density at radius 2 is 1.54 bits per heavy atom. The highest BCUT2D eigenvalue weighted by Crippen LogP contribution is 2.35. The zero-order chi connectivity index (χ0) is 24.4. The molecule has 0 radical (unpaired) electrons. The summed E-state index contributed by atoms with van der Waals surface area (Å²) in [6.07, 6.45) is 0.374. The number of hydrogen-bond donors (Lipinski definition) is 2. The van der Waals surface area contributed by atoms with Crippen molar-refractivity contribution in [2.75, 3.05) is 0 Å². The van der Waals surface area contributed by atoms with E-state index in [0.29, 0.717) is 28.7 Å². The Morgan fingerprint density at radius 1 is 0.886 bits per heavy atom. The number of fused-ring (bicyclic) bond motifs is 1. The molecule has 35 heavy (non-hydrogen) atoms. The Kier molecular flexibility index (Phi) is 5.75. The molecular formula is C23H18N4O8. The Balaban J connectivity index is 1.55. The smallest absolute Gasteiger partial charge is 0.439 e. The standard InChI is InChI=1S/C23H18N4O8/c1-12-15(7-13-5-3-2-4-6-13)21(28)33-17-9-14(31-10-18-24-22(29)34-26-18)8-16(20(12)17)32-11-19-25-23(30)35-27-19/h2-6,8-9H,7,10-11H2,1H3,(H,24,26,29)(H,25,27,30). The van der Waals surface area contributed by atoms with E-state index in [0.717, 1.165) is 5.56 Å². The minimum Gasteiger partial charge on any atom is -0.485 e. The number of hydrogen-bond acceptors (Lipinski definition) is 10. The predicted octanol–water partition coefficient (Wildman–Crippen LogP) is 2.20. The first-order valence-electron chi connectivity index (χ1n) is 10.5. The molecule has 0 amide bonds. The van der Waals surface area contributed by atoms with Crippen LogP contribution in [0.25, 0.3) is 11.0 Å². The molecule has 0 bridgehead atoms. The number of nitrogens with zero attached hydrogens (tertiary/aromatic N) is 2. The maximum atomic E-state index is 12.9. The number of aromatic amines is 2. The minimum atomic E-state index is -0.709. The lowest BCUT2D eigenvalue weighted by atomic mass is 9.99. The molecule has 0 aliphatic rings. The van der Waals surface area contributed by atoms with Gasteiger partial charge in [0.05, 0.1) is 5.39 Å². The van der Waals surface area contributed by atoms with Crippen LogP contribution in [0.15, 0.2) is 70.3 Å². The van der Waals surface area contributed by atoms with Crippen LogP contribution in [0.1, 0.15) is 28.3 Å². The van der Waals surface area contributed by atoms with Gasteiger partial charge in [0, 0.05) is 24.1 Å². The first-order chi connectivity index (χ1) is 17.0. The molecule has 2 aromatic carbocycles. The Hall–Kier alpha value is -4.87. The van der Waals surface area contributed by atoms with Crippen molar-refractivity contribution in [2.45, 2.75) is 26.6 Å². The number of ether oxygens (including phenoxy) is 2. The highest BCUT2D eigenvalue weighted by molar-refractivity contribution is 5.89. The van der Waals surface area contributed by atoms with Gasteiger partial charge in [0.1, 0.15) is 30.3 Å². The van der Waals surface area contributed by atoms with E-state index in [2.05, 4.69) is 29.3 Å². The average molecular weight is 478 g/mol. The van der Waals surface area contributed by atoms with Crippen LogP contribution < -0.4 is 26.6 Å². The zero-order valence-electron chi connectivity index (χ0n) is 18.3. The van der Waals surface area contributed by atoms with Gasteiger partial charge in [-0.25, -0.2) is 14.4 Å². The molecule has 0 fully saturated rings. The lowest BCUT2D eigenvalue weighted by molar-refractivity contribution is 0.273. The van der Waals surface area contributed by atoms with Crippen molar-refractivity contribution in [2.24, 2.45) is 0 Å². The molecule has 0 aliphatic heterocycles. The van der Waals surface area contributed by atoms with E-state index in [1.165, 1.54) is 0 Å². The number of aromatic nitrogens is 4. The molecule has 3 heterocycles. The summed E-state index contributed by atoms with van der Waals surface area (Å²) in [5.41, 5.74) is 1.86. The third kappa shape index (κ3) is 4.76. The second kappa shape index (κ2) is 9.17. The van der Waals surface area contributed by atoms with Gasteiger partial charge in [0.2, 0.25) is 0 Å². The molecule has 0 unspecified atom stereocenters. The van der Waals surface area contributed by atoms with E-state index in [1.54, 1.807) is 12.1 Å². The molecule has 0 saturated carbocycles. The molecule has 5 rings (SSSR count). The van der Waals surface area contributed by atoms with Crippen molar-refractivity contribution in [3.63, 3.8) is 0 Å². The summed E-state index contributed by atoms with van der Waals surface area (Å²) in [6.45, 7) is 1.58. The van der Waals surface area contributed by atoms with Crippen molar-refractivity contribution in [3.05, 3.63) is 102 Å². The third-order valence-electron chi connectivity index (χ3n) is 5.25. The second-order valence-electron chi connectivity index (χ2n) is 7.61. The summed E-state index contributed by atoms with van der Waals surface area (Å²) in [6, 6.07) is 12.7. The van der Waals surface area contributed by atoms with Gasteiger partial charge in [0.15, 0.2) is 11.6 Å². The molecule has 5 aromatic rings. The number of aryl methyl sites for hydroxylation is 1. The highest BCUT2D eigenvalue weighted by Gasteiger charge is 2.18. The van der Waals surface area contributed by atoms with Gasteiger partial charge in [-0.05, 0) is 18.1 Å². The molecule has 12 heteroatoms. The molecule has 2 N–H and O–H groups in total. The SMILES string of the molecule is Cc1c(Cc2ccccc2)c(=O)oc2cc(OCc3noc(=O)[nH]3)cc(OCc3noc(=O)[nH]3)c12. The van der Waals surface area contributed by atoms with Gasteiger partial charge in [0.25, 0.3) is 0 Å². The molecule has 0 saturated heterocycles. The van der Waals surface area contributed by atoms with Crippen LogP contribution in [0, 0.1) is 6.92 Å². The monoisotopic (exact) mass is 478 g/mol. The molecule has 0 spiro atoms. The largest absolute Gasteiger partial charge is 0.485 e. The lowest BCUT2D eigenvalue weighted by Crippen LogP contribution is -2.12. The van der Waals surface area contributed by atoms with Gasteiger partial charge < -0.3 is 13.9 Å². The van der Waals surface area contributed by atoms with Crippen LogP contribution in [0.2, 0.25) is 0 Å². The molecule has 3 aromatic heterocycles. The van der Waals surface area contributed by atoms with Crippen molar-refractivity contribution in [1.29, 1.82) is 0 Å². The van der Waals surface area contributed by atoms with E-state index < -0.39 is 17.1 Å². The predicted molar refractivity (Wildman–Crippen MR) is 119 cm³/mol. The number of rotatable bonds is 8. The number of nitrogens with one attached hydrogen (secondary N) is 2. The summed E-state index contributed by atoms with van der Waals surface area (Å²) >= 11 is 0. The first kappa shape index (κ1) is 21.9. The van der Waals surface area contributed by atoms with E-state index in [-0.39, 0.29) is 36.2 Å². The van der Waals surface area contributed by atoms with E-state index in [4.69, 9.17) is 13.9 Å². The van der Waals surface area contributed by atoms with Gasteiger partial charge in [-0.15, -0.1) is 0 Å². The topological polar surface area (TPSA) is 166 Å². The highest BCUT2D eigenvalue weighted by atomic mass is 16.5. The van der Waals surface area contributed by atoms with E-state index in [1.807, 2.05) is 37.3 Å². The summed E-state index contributed by atoms with van der Waals surface area (Å²) in [5, 5.41) is 7.70. The van der Waals surface area contributed by atoms with Crippen molar-refractivity contribution in [1.82, 2.24) is 20.3 Å². The van der Waals surface area contributed by atoms with Gasteiger partial charge >= 0.3 is 17.1 Å². The van der Waals surface area contributed by atoms with Crippen LogP contribution in [0.5, 0.6) is 11.5 Å². The Morgan fingerprint density at radius 3 is 2.17 bits per heavy atom. The van der Waals surface area contributed by atoms with Crippen LogP contribution in [-0.4, -0.2) is 20.3 Å². The lowest BCUT2D eigenvalue weighted by Gasteiger charge is -2.14. The summed E-state index contributed by atoms with van der Waals surface area (Å²) in [7, 11) is 0. The Labute approximate surface area is 195 Å². The maximum absolute atomic E-state index is 12.9. The molecule has 0 aliphatic carbocycles. The first-order valence-corrected chi connectivity index (χ1v) is 10.5. The minimum absolute atomic E-state index is 0.109. The van der Waals surface area contributed by atoms with Crippen LogP contribution >= 0.6 is 0 Å². The van der Waals surface area contributed by atoms with E-state index >= 15 is 0 Å². The van der Waals surface area contributed by atoms with Crippen molar-refractivity contribution < 1.29 is 22.9 Å². The molecule has 12 nitrogen and oxygen atoms in total. The van der Waals surface area contributed by atoms with E-state index in [9.17, 15) is 14.4 Å². The van der Waals surface area contributed by atoms with Crippen molar-refractivity contribution >= 4 is 11.0 Å². The maximum Gasteiger partial charge on any atom is 0.439 e. The van der Waals surface area contributed by atoms with Crippen molar-refractivity contribution in [3.8, 4) is 11.5 Å². The second-order valence-corrected chi connectivity index (χ2v) is 7.61. The van der Waals surface area contributed by atoms with Crippen LogP contribution in [0.4, 0.5) is 0 Å². The zero-order valence-corrected chi connectivity index (χ0v) is 18.3. The molecular weight excluding hydrogens is 460 g/mol. The fourth-order valence-corrected chi connectivity index (χ4v) is 3.63. The van der Waals surface area contributed by atoms with Gasteiger partial charge in [-0.3, -0.25) is 19.0 Å². The fraction of sp³-hybridized carbons (Fsp3) is 0.174. The van der Waals surface area contributed by atoms with Gasteiger partial charge in [-0.2, -0.15) is 0 Å². The van der Waals surface area contributed by atoms with Crippen LogP contribution in [-0.2, 0) is 19.6 Å². The quantitative estimate of drug-likeness (QED) is 0.316. The number of benzene rings is 2. The Bertz CT molecular complexity index is 1660. The van der Waals surface area contributed by atoms with Gasteiger partial charge in [-0.1, -0.05) is 40.6 Å². The summed E-state index contributed by atoms with van der Waals surface area (Å²) in [4.78, 5) is 40.1. The van der Waals surface area contributed by atoms with Crippen LogP contribution in [0.3, 0.4) is 0 Å². The summed E-state index contributed by atoms with van der Waals surface area (Å²) < 4.78 is 26.2. The number of H-pyrrole nitrogens is 2. The third-order valence-corrected chi connectivity index (χ3v) is 5.25. The summed E-state index contributed by atoms with van der Waals surface area (Å²) in [5.74, 6) is -0.462. The fourth-order valence-electron chi connectivity index (χ4n) is 3.63. The molecule has 178 valence electrons. The normalized spacial score (nSPS) is 11.1. The average Bonchev–Trinajstić information content (AvgIpc) is 3.46. The molecule has 0 atom stereocenters.